The predicted molar refractivity (Wildman–Crippen MR) is 102 cm³/mol. The second-order valence-electron chi connectivity index (χ2n) is 6.19. The molecule has 11 heteroatoms. The van der Waals surface area contributed by atoms with E-state index in [2.05, 4.69) is 4.72 Å². The fraction of sp³-hybridized carbons (Fsp3) is 0.316. The minimum Gasteiger partial charge on any atom is -0.489 e. The highest BCUT2D eigenvalue weighted by molar-refractivity contribution is 7.92. The van der Waals surface area contributed by atoms with Gasteiger partial charge in [0.25, 0.3) is 10.0 Å². The molecule has 30 heavy (non-hydrogen) atoms. The van der Waals surface area contributed by atoms with Crippen LogP contribution in [0.15, 0.2) is 47.4 Å². The molecule has 0 aromatic heterocycles. The Hall–Kier alpha value is -2.79. The smallest absolute Gasteiger partial charge is 0.416 e. The summed E-state index contributed by atoms with van der Waals surface area (Å²) in [7, 11) is -2.81. The quantitative estimate of drug-likeness (QED) is 0.540. The first-order valence-electron chi connectivity index (χ1n) is 8.69. The monoisotopic (exact) mass is 447 g/mol. The van der Waals surface area contributed by atoms with Crippen molar-refractivity contribution in [2.75, 3.05) is 25.0 Å². The van der Waals surface area contributed by atoms with Gasteiger partial charge in [0.1, 0.15) is 12.4 Å². The molecule has 7 nitrogen and oxygen atoms in total. The minimum atomic E-state index is -4.67. The molecule has 0 fully saturated rings. The summed E-state index contributed by atoms with van der Waals surface area (Å²) in [6.07, 6.45) is -4.57. The van der Waals surface area contributed by atoms with Crippen LogP contribution in [-0.2, 0) is 32.2 Å². The summed E-state index contributed by atoms with van der Waals surface area (Å²) in [6.45, 7) is 0.167. The maximum absolute atomic E-state index is 13.1. The molecule has 0 aliphatic rings. The molecular weight excluding hydrogens is 427 g/mol. The number of nitrogens with one attached hydrogen (secondary N) is 1. The van der Waals surface area contributed by atoms with E-state index >= 15 is 0 Å². The number of benzene rings is 2. The van der Waals surface area contributed by atoms with Crippen molar-refractivity contribution in [1.29, 1.82) is 0 Å². The van der Waals surface area contributed by atoms with E-state index in [0.717, 1.165) is 12.1 Å². The summed E-state index contributed by atoms with van der Waals surface area (Å²) in [5.41, 5.74) is -0.793. The van der Waals surface area contributed by atoms with Gasteiger partial charge in [-0.05, 0) is 42.3 Å². The Morgan fingerprint density at radius 2 is 1.77 bits per heavy atom. The third-order valence-corrected chi connectivity index (χ3v) is 5.34. The number of ether oxygens (including phenoxy) is 2. The number of rotatable bonds is 10. The van der Waals surface area contributed by atoms with E-state index in [1.165, 1.54) is 31.4 Å². The summed E-state index contributed by atoms with van der Waals surface area (Å²) in [5.74, 6) is -1.07. The second-order valence-corrected chi connectivity index (χ2v) is 7.88. The number of carboxylic acid groups (broad SMARTS) is 1. The van der Waals surface area contributed by atoms with E-state index in [4.69, 9.17) is 14.6 Å². The molecule has 0 saturated heterocycles. The van der Waals surface area contributed by atoms with Crippen LogP contribution in [0.1, 0.15) is 17.5 Å². The minimum absolute atomic E-state index is 0.00880. The number of aryl methyl sites for hydroxylation is 1. The first-order valence-corrected chi connectivity index (χ1v) is 10.2. The number of aliphatic carboxylic acids is 1. The molecule has 2 aromatic rings. The van der Waals surface area contributed by atoms with Crippen LogP contribution in [0.2, 0.25) is 0 Å². The highest BCUT2D eigenvalue weighted by Crippen LogP contribution is 2.36. The fourth-order valence-corrected chi connectivity index (χ4v) is 3.50. The van der Waals surface area contributed by atoms with Crippen LogP contribution in [0, 0.1) is 0 Å². The van der Waals surface area contributed by atoms with Gasteiger partial charge in [0.05, 0.1) is 22.8 Å². The lowest BCUT2D eigenvalue weighted by Crippen LogP contribution is -2.16. The van der Waals surface area contributed by atoms with E-state index in [1.807, 2.05) is 0 Å². The zero-order valence-corrected chi connectivity index (χ0v) is 16.7. The molecule has 164 valence electrons. The molecule has 0 bridgehead atoms. The number of methoxy groups -OCH3 is 1. The van der Waals surface area contributed by atoms with E-state index in [-0.39, 0.29) is 42.4 Å². The Balaban J connectivity index is 2.29. The van der Waals surface area contributed by atoms with Gasteiger partial charge in [-0.15, -0.1) is 0 Å². The lowest BCUT2D eigenvalue weighted by molar-refractivity contribution is -0.138. The zero-order chi connectivity index (χ0) is 22.4. The lowest BCUT2D eigenvalue weighted by atomic mass is 10.1. The Labute approximate surface area is 171 Å². The van der Waals surface area contributed by atoms with Gasteiger partial charge in [0, 0.05) is 13.5 Å². The first kappa shape index (κ1) is 23.5. The van der Waals surface area contributed by atoms with Crippen molar-refractivity contribution in [1.82, 2.24) is 0 Å². The number of hydrogen-bond acceptors (Lipinski definition) is 5. The number of sulfonamides is 1. The molecule has 0 saturated carbocycles. The third-order valence-electron chi connectivity index (χ3n) is 3.96. The molecule has 2 aromatic carbocycles. The zero-order valence-electron chi connectivity index (χ0n) is 15.9. The number of halogens is 3. The van der Waals surface area contributed by atoms with Crippen molar-refractivity contribution in [2.45, 2.75) is 23.9 Å². The van der Waals surface area contributed by atoms with Gasteiger partial charge in [-0.3, -0.25) is 9.52 Å². The van der Waals surface area contributed by atoms with Crippen molar-refractivity contribution < 1.29 is 41.0 Å². The Morgan fingerprint density at radius 1 is 1.10 bits per heavy atom. The molecule has 0 radical (unpaired) electrons. The van der Waals surface area contributed by atoms with Crippen LogP contribution in [0.5, 0.6) is 5.75 Å². The van der Waals surface area contributed by atoms with Gasteiger partial charge in [-0.25, -0.2) is 8.42 Å². The van der Waals surface area contributed by atoms with Crippen molar-refractivity contribution in [3.8, 4) is 5.75 Å². The highest BCUT2D eigenvalue weighted by atomic mass is 32.2. The fourth-order valence-electron chi connectivity index (χ4n) is 2.44. The van der Waals surface area contributed by atoms with Crippen LogP contribution in [0.25, 0.3) is 0 Å². The van der Waals surface area contributed by atoms with Gasteiger partial charge in [0.2, 0.25) is 0 Å². The normalized spacial score (nSPS) is 11.9. The summed E-state index contributed by atoms with van der Waals surface area (Å²) < 4.78 is 76.7. The summed E-state index contributed by atoms with van der Waals surface area (Å²) in [4.78, 5) is 10.4. The van der Waals surface area contributed by atoms with Crippen molar-refractivity contribution in [3.63, 3.8) is 0 Å². The van der Waals surface area contributed by atoms with Crippen molar-refractivity contribution >= 4 is 21.7 Å². The molecule has 2 N–H and O–H groups in total. The maximum atomic E-state index is 13.1. The number of anilines is 1. The number of carboxylic acids is 1. The molecule has 0 atom stereocenters. The summed E-state index contributed by atoms with van der Waals surface area (Å²) in [6, 6.07) is 7.86. The Bertz CT molecular complexity index is 975. The molecular formula is C19H20F3NO6S. The van der Waals surface area contributed by atoms with E-state index in [1.54, 1.807) is 0 Å². The van der Waals surface area contributed by atoms with Crippen LogP contribution < -0.4 is 9.46 Å². The van der Waals surface area contributed by atoms with Gasteiger partial charge in [0.15, 0.2) is 0 Å². The predicted octanol–water partition coefficient (Wildman–Crippen LogP) is 3.55. The van der Waals surface area contributed by atoms with Gasteiger partial charge in [-0.1, -0.05) is 12.1 Å². The lowest BCUT2D eigenvalue weighted by Gasteiger charge is -2.16. The average Bonchev–Trinajstić information content (AvgIpc) is 2.67. The molecule has 0 aliphatic heterocycles. The van der Waals surface area contributed by atoms with E-state index in [0.29, 0.717) is 11.6 Å². The molecule has 0 heterocycles. The third kappa shape index (κ3) is 6.63. The molecule has 0 amide bonds. The number of alkyl halides is 3. The van der Waals surface area contributed by atoms with Crippen molar-refractivity contribution in [2.24, 2.45) is 0 Å². The van der Waals surface area contributed by atoms with E-state index in [9.17, 15) is 26.4 Å². The van der Waals surface area contributed by atoms with Gasteiger partial charge in [-0.2, -0.15) is 13.2 Å². The summed E-state index contributed by atoms with van der Waals surface area (Å²) in [5, 5.41) is 8.70. The van der Waals surface area contributed by atoms with Gasteiger partial charge < -0.3 is 14.6 Å². The molecule has 0 aliphatic carbocycles. The Kier molecular flexibility index (Phi) is 7.68. The number of carbonyl (C=O) groups is 1. The standard InChI is InChI=1S/C19H20F3NO6S/c1-28-10-11-29-17-8-5-14(19(20,21)22)12-16(17)23-30(26,27)15-6-2-13(3-7-15)4-9-18(24)25/h2-3,5-8,12,23H,4,9-11H2,1H3,(H,24,25). The molecule has 2 rings (SSSR count). The largest absolute Gasteiger partial charge is 0.489 e. The van der Waals surface area contributed by atoms with Crippen LogP contribution in [0.4, 0.5) is 18.9 Å². The van der Waals surface area contributed by atoms with Crippen LogP contribution >= 0.6 is 0 Å². The average molecular weight is 447 g/mol. The second kappa shape index (κ2) is 9.81. The Morgan fingerprint density at radius 3 is 2.33 bits per heavy atom. The van der Waals surface area contributed by atoms with Crippen LogP contribution in [-0.4, -0.2) is 39.8 Å². The summed E-state index contributed by atoms with van der Waals surface area (Å²) >= 11 is 0. The SMILES string of the molecule is COCCOc1ccc(C(F)(F)F)cc1NS(=O)(=O)c1ccc(CCC(=O)O)cc1. The topological polar surface area (TPSA) is 102 Å². The van der Waals surface area contributed by atoms with Crippen molar-refractivity contribution in [3.05, 3.63) is 53.6 Å². The number of hydrogen-bond donors (Lipinski definition) is 2. The molecule has 0 unspecified atom stereocenters. The maximum Gasteiger partial charge on any atom is 0.416 e. The molecule has 0 spiro atoms. The van der Waals surface area contributed by atoms with E-state index < -0.39 is 27.7 Å². The van der Waals surface area contributed by atoms with Gasteiger partial charge >= 0.3 is 12.1 Å². The highest BCUT2D eigenvalue weighted by Gasteiger charge is 2.32. The first-order chi connectivity index (χ1) is 14.0. The van der Waals surface area contributed by atoms with Crippen LogP contribution in [0.3, 0.4) is 0 Å².